The van der Waals surface area contributed by atoms with E-state index >= 15 is 0 Å². The summed E-state index contributed by atoms with van der Waals surface area (Å²) in [6, 6.07) is 12.2. The third-order valence-corrected chi connectivity index (χ3v) is 5.83. The molecule has 0 bridgehead atoms. The maximum atomic E-state index is 6.49. The third kappa shape index (κ3) is 5.81. The molecule has 2 nitrogen and oxygen atoms in total. The summed E-state index contributed by atoms with van der Waals surface area (Å²) >= 11 is 13.0. The molecule has 0 fully saturated rings. The summed E-state index contributed by atoms with van der Waals surface area (Å²) in [5, 5.41) is 1.11. The molecule has 2 aromatic carbocycles. The SMILES string of the molecule is CCCCOc1c(Cl)cc(C(C)(C)c2ccc(OCC(C)CC)cc2)cc1Cl. The minimum Gasteiger partial charge on any atom is -0.493 e. The van der Waals surface area contributed by atoms with Crippen molar-refractivity contribution in [1.82, 2.24) is 0 Å². The molecular weight excluding hydrogens is 391 g/mol. The Morgan fingerprint density at radius 2 is 1.54 bits per heavy atom. The van der Waals surface area contributed by atoms with Crippen LogP contribution in [0.3, 0.4) is 0 Å². The molecule has 0 amide bonds. The van der Waals surface area contributed by atoms with Gasteiger partial charge in [-0.25, -0.2) is 0 Å². The Labute approximate surface area is 180 Å². The van der Waals surface area contributed by atoms with Crippen LogP contribution in [0.4, 0.5) is 0 Å². The fourth-order valence-electron chi connectivity index (χ4n) is 2.87. The molecule has 0 aromatic heterocycles. The van der Waals surface area contributed by atoms with Crippen molar-refractivity contribution in [1.29, 1.82) is 0 Å². The highest BCUT2D eigenvalue weighted by Gasteiger charge is 2.25. The van der Waals surface area contributed by atoms with E-state index in [0.29, 0.717) is 28.3 Å². The van der Waals surface area contributed by atoms with Gasteiger partial charge in [0.05, 0.1) is 23.3 Å². The zero-order valence-electron chi connectivity index (χ0n) is 17.6. The normalized spacial score (nSPS) is 12.7. The minimum atomic E-state index is -0.246. The molecule has 0 heterocycles. The van der Waals surface area contributed by atoms with Gasteiger partial charge in [0, 0.05) is 5.41 Å². The van der Waals surface area contributed by atoms with Crippen LogP contribution in [-0.2, 0) is 5.41 Å². The molecule has 28 heavy (non-hydrogen) atoms. The average molecular weight is 423 g/mol. The quantitative estimate of drug-likeness (QED) is 0.361. The van der Waals surface area contributed by atoms with Gasteiger partial charge in [-0.15, -0.1) is 0 Å². The van der Waals surface area contributed by atoms with Crippen LogP contribution in [0.1, 0.15) is 65.0 Å². The van der Waals surface area contributed by atoms with Crippen molar-refractivity contribution in [2.24, 2.45) is 5.92 Å². The topological polar surface area (TPSA) is 18.5 Å². The highest BCUT2D eigenvalue weighted by atomic mass is 35.5. The Morgan fingerprint density at radius 3 is 2.07 bits per heavy atom. The molecule has 154 valence electrons. The average Bonchev–Trinajstić information content (AvgIpc) is 2.68. The lowest BCUT2D eigenvalue weighted by atomic mass is 9.78. The van der Waals surface area contributed by atoms with E-state index in [0.717, 1.165) is 37.2 Å². The molecule has 1 unspecified atom stereocenters. The summed E-state index contributed by atoms with van der Waals surface area (Å²) in [4.78, 5) is 0. The highest BCUT2D eigenvalue weighted by Crippen LogP contribution is 2.40. The summed E-state index contributed by atoms with van der Waals surface area (Å²) in [7, 11) is 0. The Bertz CT molecular complexity index is 731. The van der Waals surface area contributed by atoms with Crippen molar-refractivity contribution in [3.63, 3.8) is 0 Å². The molecule has 1 atom stereocenters. The summed E-state index contributed by atoms with van der Waals surface area (Å²) in [5.74, 6) is 2.03. The zero-order valence-corrected chi connectivity index (χ0v) is 19.2. The van der Waals surface area contributed by atoms with Crippen LogP contribution >= 0.6 is 23.2 Å². The molecule has 0 aliphatic heterocycles. The van der Waals surface area contributed by atoms with E-state index in [9.17, 15) is 0 Å². The first-order valence-corrected chi connectivity index (χ1v) is 10.9. The van der Waals surface area contributed by atoms with E-state index in [1.54, 1.807) is 0 Å². The molecular formula is C24H32Cl2O2. The Hall–Kier alpha value is -1.38. The predicted molar refractivity (Wildman–Crippen MR) is 120 cm³/mol. The molecule has 0 N–H and O–H groups in total. The Balaban J connectivity index is 2.19. The number of benzene rings is 2. The van der Waals surface area contributed by atoms with Gasteiger partial charge < -0.3 is 9.47 Å². The van der Waals surface area contributed by atoms with Crippen LogP contribution in [0.5, 0.6) is 11.5 Å². The standard InChI is InChI=1S/C24H32Cl2O2/c1-6-8-13-27-23-21(25)14-19(15-22(23)26)24(4,5)18-9-11-20(12-10-18)28-16-17(3)7-2/h9-12,14-15,17H,6-8,13,16H2,1-5H3. The maximum Gasteiger partial charge on any atom is 0.156 e. The highest BCUT2D eigenvalue weighted by molar-refractivity contribution is 6.37. The monoisotopic (exact) mass is 422 g/mol. The molecule has 2 rings (SSSR count). The lowest BCUT2D eigenvalue weighted by Crippen LogP contribution is -2.19. The number of ether oxygens (including phenoxy) is 2. The van der Waals surface area contributed by atoms with Gasteiger partial charge in [-0.05, 0) is 47.7 Å². The van der Waals surface area contributed by atoms with Crippen molar-refractivity contribution in [3.8, 4) is 11.5 Å². The van der Waals surface area contributed by atoms with Gasteiger partial charge in [0.2, 0.25) is 0 Å². The summed E-state index contributed by atoms with van der Waals surface area (Å²) in [5.41, 5.74) is 1.98. The number of hydrogen-bond acceptors (Lipinski definition) is 2. The van der Waals surface area contributed by atoms with Crippen LogP contribution < -0.4 is 9.47 Å². The first-order chi connectivity index (χ1) is 13.3. The van der Waals surface area contributed by atoms with Gasteiger partial charge in [0.25, 0.3) is 0 Å². The fourth-order valence-corrected chi connectivity index (χ4v) is 3.46. The predicted octanol–water partition coefficient (Wildman–Crippen LogP) is 7.92. The van der Waals surface area contributed by atoms with Crippen LogP contribution in [0.25, 0.3) is 0 Å². The van der Waals surface area contributed by atoms with Gasteiger partial charge in [-0.1, -0.05) is 82.8 Å². The van der Waals surface area contributed by atoms with Crippen molar-refractivity contribution in [2.45, 2.75) is 59.3 Å². The van der Waals surface area contributed by atoms with Crippen LogP contribution in [-0.4, -0.2) is 13.2 Å². The lowest BCUT2D eigenvalue weighted by molar-refractivity contribution is 0.256. The third-order valence-electron chi connectivity index (χ3n) is 5.27. The fraction of sp³-hybridized carbons (Fsp3) is 0.500. The van der Waals surface area contributed by atoms with Gasteiger partial charge >= 0.3 is 0 Å². The maximum absolute atomic E-state index is 6.49. The van der Waals surface area contributed by atoms with E-state index in [4.69, 9.17) is 32.7 Å². The van der Waals surface area contributed by atoms with Crippen molar-refractivity contribution < 1.29 is 9.47 Å². The van der Waals surface area contributed by atoms with E-state index < -0.39 is 0 Å². The van der Waals surface area contributed by atoms with Crippen molar-refractivity contribution >= 4 is 23.2 Å². The van der Waals surface area contributed by atoms with Crippen molar-refractivity contribution in [2.75, 3.05) is 13.2 Å². The minimum absolute atomic E-state index is 0.246. The van der Waals surface area contributed by atoms with Crippen LogP contribution in [0.15, 0.2) is 36.4 Å². The van der Waals surface area contributed by atoms with Gasteiger partial charge in [0.15, 0.2) is 5.75 Å². The second kappa shape index (κ2) is 10.4. The Kier molecular flexibility index (Phi) is 8.52. The van der Waals surface area contributed by atoms with Gasteiger partial charge in [-0.2, -0.15) is 0 Å². The molecule has 0 radical (unpaired) electrons. The molecule has 0 saturated carbocycles. The first-order valence-electron chi connectivity index (χ1n) is 10.1. The smallest absolute Gasteiger partial charge is 0.156 e. The van der Waals surface area contributed by atoms with E-state index in [-0.39, 0.29) is 5.41 Å². The lowest BCUT2D eigenvalue weighted by Gasteiger charge is -2.27. The molecule has 2 aromatic rings. The van der Waals surface area contributed by atoms with Crippen LogP contribution in [0, 0.1) is 5.92 Å². The second-order valence-corrected chi connectivity index (χ2v) is 8.76. The van der Waals surface area contributed by atoms with Crippen molar-refractivity contribution in [3.05, 3.63) is 57.6 Å². The van der Waals surface area contributed by atoms with E-state index in [2.05, 4.69) is 46.8 Å². The van der Waals surface area contributed by atoms with E-state index in [1.165, 1.54) is 5.56 Å². The number of rotatable bonds is 10. The molecule has 0 aliphatic carbocycles. The summed E-state index contributed by atoms with van der Waals surface area (Å²) in [6.07, 6.45) is 3.16. The largest absolute Gasteiger partial charge is 0.493 e. The molecule has 0 spiro atoms. The van der Waals surface area contributed by atoms with E-state index in [1.807, 2.05) is 24.3 Å². The zero-order chi connectivity index (χ0) is 20.7. The number of halogens is 2. The van der Waals surface area contributed by atoms with Gasteiger partial charge in [-0.3, -0.25) is 0 Å². The number of unbranched alkanes of at least 4 members (excludes halogenated alkanes) is 1. The second-order valence-electron chi connectivity index (χ2n) is 7.94. The Morgan fingerprint density at radius 1 is 0.929 bits per heavy atom. The molecule has 4 heteroatoms. The molecule has 0 saturated heterocycles. The van der Waals surface area contributed by atoms with Crippen LogP contribution in [0.2, 0.25) is 10.0 Å². The summed E-state index contributed by atoms with van der Waals surface area (Å²) < 4.78 is 11.6. The number of hydrogen-bond donors (Lipinski definition) is 0. The van der Waals surface area contributed by atoms with Gasteiger partial charge in [0.1, 0.15) is 5.75 Å². The summed E-state index contributed by atoms with van der Waals surface area (Å²) in [6.45, 7) is 12.2. The first kappa shape index (κ1) is 22.9. The molecule has 0 aliphatic rings.